The third-order valence-corrected chi connectivity index (χ3v) is 5.01. The molecule has 1 aromatic carbocycles. The van der Waals surface area contributed by atoms with Gasteiger partial charge in [0.1, 0.15) is 5.52 Å². The number of nitrogens with zero attached hydrogens (tertiary/aromatic N) is 4. The van der Waals surface area contributed by atoms with Crippen LogP contribution in [0.5, 0.6) is 0 Å². The molecule has 7 heteroatoms. The first kappa shape index (κ1) is 13.6. The van der Waals surface area contributed by atoms with Crippen LogP contribution < -0.4 is 5.32 Å². The second-order valence-electron chi connectivity index (χ2n) is 5.98. The zero-order valence-electron chi connectivity index (χ0n) is 12.6. The highest BCUT2D eigenvalue weighted by atomic mass is 32.1. The van der Waals surface area contributed by atoms with Crippen molar-refractivity contribution in [2.45, 2.75) is 18.9 Å². The molecule has 3 aromatic heterocycles. The number of carbonyl (C=O) groups excluding carboxylic acids is 1. The Bertz CT molecular complexity index is 1080. The van der Waals surface area contributed by atoms with Gasteiger partial charge in [-0.3, -0.25) is 4.79 Å². The molecule has 24 heavy (non-hydrogen) atoms. The van der Waals surface area contributed by atoms with Crippen molar-refractivity contribution >= 4 is 44.4 Å². The Morgan fingerprint density at radius 2 is 2.12 bits per heavy atom. The number of rotatable bonds is 3. The predicted molar refractivity (Wildman–Crippen MR) is 93.4 cm³/mol. The second kappa shape index (κ2) is 5.10. The van der Waals surface area contributed by atoms with Gasteiger partial charge < -0.3 is 9.88 Å². The van der Waals surface area contributed by atoms with Gasteiger partial charge in [0, 0.05) is 29.5 Å². The van der Waals surface area contributed by atoms with Gasteiger partial charge in [0.25, 0.3) is 5.91 Å². The number of benzene rings is 1. The van der Waals surface area contributed by atoms with Gasteiger partial charge in [-0.15, -0.1) is 0 Å². The van der Waals surface area contributed by atoms with E-state index in [0.29, 0.717) is 11.6 Å². The number of fused-ring (bicyclic) bond motifs is 2. The van der Waals surface area contributed by atoms with Crippen LogP contribution in [0.25, 0.3) is 21.3 Å². The van der Waals surface area contributed by atoms with Crippen LogP contribution in [0.4, 0.5) is 5.69 Å². The quantitative estimate of drug-likeness (QED) is 0.620. The fraction of sp³-hybridized carbons (Fsp3) is 0.176. The average molecular weight is 335 g/mol. The number of carbonyl (C=O) groups is 1. The molecular weight excluding hydrogens is 322 g/mol. The van der Waals surface area contributed by atoms with Gasteiger partial charge in [0.2, 0.25) is 0 Å². The lowest BCUT2D eigenvalue weighted by molar-refractivity contribution is 0.102. The topological polar surface area (TPSA) is 72.7 Å². The average Bonchev–Trinajstić information content (AvgIpc) is 3.18. The van der Waals surface area contributed by atoms with Crippen molar-refractivity contribution in [1.29, 1.82) is 0 Å². The predicted octanol–water partition coefficient (Wildman–Crippen LogP) is 3.63. The third-order valence-electron chi connectivity index (χ3n) is 4.23. The van der Waals surface area contributed by atoms with Gasteiger partial charge in [0.05, 0.1) is 16.6 Å². The highest BCUT2D eigenvalue weighted by Crippen LogP contribution is 2.36. The SMILES string of the molecule is O=C(Nc1ccc2sncc2c1)c1cnc2c(c1)ncn2C1CC1. The van der Waals surface area contributed by atoms with Gasteiger partial charge in [-0.2, -0.15) is 4.37 Å². The number of aromatic nitrogens is 4. The summed E-state index contributed by atoms with van der Waals surface area (Å²) in [6.07, 6.45) is 7.58. The van der Waals surface area contributed by atoms with E-state index in [0.717, 1.165) is 26.9 Å². The summed E-state index contributed by atoms with van der Waals surface area (Å²) >= 11 is 1.44. The fourth-order valence-corrected chi connectivity index (χ4v) is 3.44. The lowest BCUT2D eigenvalue weighted by Crippen LogP contribution is -2.12. The van der Waals surface area contributed by atoms with Crippen LogP contribution >= 0.6 is 11.5 Å². The summed E-state index contributed by atoms with van der Waals surface area (Å²) in [5, 5.41) is 3.93. The zero-order valence-corrected chi connectivity index (χ0v) is 13.5. The number of anilines is 1. The number of nitrogens with one attached hydrogen (secondary N) is 1. The molecule has 1 amide bonds. The molecule has 1 aliphatic carbocycles. The van der Waals surface area contributed by atoms with Gasteiger partial charge in [-0.1, -0.05) is 0 Å². The van der Waals surface area contributed by atoms with Crippen molar-refractivity contribution in [3.63, 3.8) is 0 Å². The molecule has 0 bridgehead atoms. The van der Waals surface area contributed by atoms with E-state index in [1.54, 1.807) is 18.5 Å². The summed E-state index contributed by atoms with van der Waals surface area (Å²) in [6, 6.07) is 8.08. The van der Waals surface area contributed by atoms with Crippen LogP contribution in [0, 0.1) is 0 Å². The molecule has 3 heterocycles. The third kappa shape index (κ3) is 2.25. The zero-order chi connectivity index (χ0) is 16.1. The molecule has 1 fully saturated rings. The Hall–Kier alpha value is -2.80. The van der Waals surface area contributed by atoms with E-state index in [1.165, 1.54) is 24.4 Å². The Balaban J connectivity index is 1.44. The minimum absolute atomic E-state index is 0.187. The summed E-state index contributed by atoms with van der Waals surface area (Å²) in [4.78, 5) is 21.3. The largest absolute Gasteiger partial charge is 0.322 e. The van der Waals surface area contributed by atoms with E-state index in [9.17, 15) is 4.79 Å². The highest BCUT2D eigenvalue weighted by molar-refractivity contribution is 7.13. The molecule has 0 spiro atoms. The van der Waals surface area contributed by atoms with E-state index in [1.807, 2.05) is 24.5 Å². The first-order chi connectivity index (χ1) is 11.8. The van der Waals surface area contributed by atoms with Crippen LogP contribution in [-0.2, 0) is 0 Å². The maximum absolute atomic E-state index is 12.5. The molecule has 0 atom stereocenters. The van der Waals surface area contributed by atoms with Crippen LogP contribution in [0.1, 0.15) is 29.2 Å². The van der Waals surface area contributed by atoms with Crippen molar-refractivity contribution in [3.05, 3.63) is 48.5 Å². The Labute approximate surface area is 141 Å². The lowest BCUT2D eigenvalue weighted by Gasteiger charge is -2.05. The maximum atomic E-state index is 12.5. The van der Waals surface area contributed by atoms with E-state index >= 15 is 0 Å². The first-order valence-electron chi connectivity index (χ1n) is 7.76. The Morgan fingerprint density at radius 1 is 1.21 bits per heavy atom. The summed E-state index contributed by atoms with van der Waals surface area (Å²) in [7, 11) is 0. The smallest absolute Gasteiger partial charge is 0.257 e. The van der Waals surface area contributed by atoms with Crippen molar-refractivity contribution in [2.75, 3.05) is 5.32 Å². The van der Waals surface area contributed by atoms with E-state index in [-0.39, 0.29) is 5.91 Å². The standard InChI is InChI=1S/C17H13N5OS/c23-17(21-12-1-4-15-10(5-12)8-20-24-15)11-6-14-16(18-7-11)22(9-19-14)13-2-3-13/h1,4-9,13H,2-3H2,(H,21,23). The van der Waals surface area contributed by atoms with Crippen LogP contribution in [-0.4, -0.2) is 24.8 Å². The molecule has 5 rings (SSSR count). The van der Waals surface area contributed by atoms with Gasteiger partial charge in [-0.05, 0) is 48.6 Å². The maximum Gasteiger partial charge on any atom is 0.257 e. The highest BCUT2D eigenvalue weighted by Gasteiger charge is 2.25. The van der Waals surface area contributed by atoms with E-state index in [4.69, 9.17) is 0 Å². The van der Waals surface area contributed by atoms with E-state index < -0.39 is 0 Å². The normalized spacial score (nSPS) is 14.3. The molecule has 6 nitrogen and oxygen atoms in total. The van der Waals surface area contributed by atoms with Gasteiger partial charge >= 0.3 is 0 Å². The number of imidazole rings is 1. The van der Waals surface area contributed by atoms with Crippen molar-refractivity contribution < 1.29 is 4.79 Å². The van der Waals surface area contributed by atoms with Crippen LogP contribution in [0.3, 0.4) is 0 Å². The molecule has 1 aliphatic rings. The van der Waals surface area contributed by atoms with Crippen molar-refractivity contribution in [2.24, 2.45) is 0 Å². The summed E-state index contributed by atoms with van der Waals surface area (Å²) in [5.74, 6) is -0.187. The molecule has 0 radical (unpaired) electrons. The minimum Gasteiger partial charge on any atom is -0.322 e. The monoisotopic (exact) mass is 335 g/mol. The van der Waals surface area contributed by atoms with Crippen molar-refractivity contribution in [1.82, 2.24) is 18.9 Å². The van der Waals surface area contributed by atoms with Gasteiger partial charge in [0.15, 0.2) is 5.65 Å². The molecule has 0 aliphatic heterocycles. The molecule has 118 valence electrons. The lowest BCUT2D eigenvalue weighted by atomic mass is 10.2. The number of pyridine rings is 1. The fourth-order valence-electron chi connectivity index (χ4n) is 2.82. The molecule has 4 aromatic rings. The molecular formula is C17H13N5OS. The minimum atomic E-state index is -0.187. The van der Waals surface area contributed by atoms with Crippen molar-refractivity contribution in [3.8, 4) is 0 Å². The molecule has 1 N–H and O–H groups in total. The number of hydrogen-bond donors (Lipinski definition) is 1. The second-order valence-corrected chi connectivity index (χ2v) is 6.82. The van der Waals surface area contributed by atoms with E-state index in [2.05, 4.69) is 24.2 Å². The van der Waals surface area contributed by atoms with Crippen LogP contribution in [0.15, 0.2) is 43.0 Å². The first-order valence-corrected chi connectivity index (χ1v) is 8.54. The molecule has 0 unspecified atom stereocenters. The Kier molecular flexibility index (Phi) is 2.90. The van der Waals surface area contributed by atoms with Gasteiger partial charge in [-0.25, -0.2) is 9.97 Å². The van der Waals surface area contributed by atoms with Crippen LogP contribution in [0.2, 0.25) is 0 Å². The summed E-state index contributed by atoms with van der Waals surface area (Å²) < 4.78 is 7.33. The number of hydrogen-bond acceptors (Lipinski definition) is 5. The number of amides is 1. The molecule has 1 saturated carbocycles. The molecule has 0 saturated heterocycles. The summed E-state index contributed by atoms with van der Waals surface area (Å²) in [5.41, 5.74) is 2.86. The summed E-state index contributed by atoms with van der Waals surface area (Å²) in [6.45, 7) is 0. The Morgan fingerprint density at radius 3 is 3.00 bits per heavy atom.